The lowest BCUT2D eigenvalue weighted by Gasteiger charge is -2.41. The van der Waals surface area contributed by atoms with Crippen LogP contribution in [0.25, 0.3) is 0 Å². The van der Waals surface area contributed by atoms with Crippen LogP contribution >= 0.6 is 0 Å². The predicted octanol–water partition coefficient (Wildman–Crippen LogP) is 4.68. The Balaban J connectivity index is 1.93. The molecule has 0 aliphatic heterocycles. The summed E-state index contributed by atoms with van der Waals surface area (Å²) >= 11 is 0. The predicted molar refractivity (Wildman–Crippen MR) is 85.6 cm³/mol. The molecule has 1 saturated carbocycles. The molecule has 0 aromatic carbocycles. The van der Waals surface area contributed by atoms with Crippen LogP contribution in [0.4, 0.5) is 0 Å². The molecule has 0 amide bonds. The molecule has 2 nitrogen and oxygen atoms in total. The third-order valence-electron chi connectivity index (χ3n) is 5.28. The highest BCUT2D eigenvalue weighted by Gasteiger charge is 2.32. The van der Waals surface area contributed by atoms with E-state index in [4.69, 9.17) is 0 Å². The van der Waals surface area contributed by atoms with Gasteiger partial charge in [-0.15, -0.1) is 0 Å². The van der Waals surface area contributed by atoms with Crippen LogP contribution in [0, 0.1) is 11.3 Å². The van der Waals surface area contributed by atoms with Gasteiger partial charge in [-0.05, 0) is 62.6 Å². The van der Waals surface area contributed by atoms with Gasteiger partial charge in [0.25, 0.3) is 0 Å². The highest BCUT2D eigenvalue weighted by Crippen LogP contribution is 2.39. The molecule has 1 aromatic rings. The van der Waals surface area contributed by atoms with E-state index in [0.717, 1.165) is 12.0 Å². The molecule has 0 radical (unpaired) electrons. The fourth-order valence-corrected chi connectivity index (χ4v) is 3.52. The van der Waals surface area contributed by atoms with Crippen LogP contribution in [0.15, 0.2) is 24.5 Å². The molecule has 1 atom stereocenters. The first kappa shape index (κ1) is 15.5. The highest BCUT2D eigenvalue weighted by molar-refractivity contribution is 5.13. The Kier molecular flexibility index (Phi) is 4.85. The molecule has 0 saturated heterocycles. The molecule has 1 aromatic heterocycles. The summed E-state index contributed by atoms with van der Waals surface area (Å²) in [6.07, 6.45) is 9.27. The Hall–Kier alpha value is -0.890. The molecule has 0 spiro atoms. The van der Waals surface area contributed by atoms with E-state index in [-0.39, 0.29) is 0 Å². The standard InChI is InChI=1S/C18H30N2/c1-14(15-7-6-12-19-13-15)20(5)17-10-8-16(9-11-17)18(2,3)4/h6-7,12-14,16-17H,8-11H2,1-5H3/t14?,16-,17+. The molecule has 1 aliphatic rings. The summed E-state index contributed by atoms with van der Waals surface area (Å²) in [4.78, 5) is 6.80. The van der Waals surface area contributed by atoms with Crippen LogP contribution in [-0.4, -0.2) is 23.0 Å². The van der Waals surface area contributed by atoms with Crippen LogP contribution in [0.3, 0.4) is 0 Å². The second-order valence-electron chi connectivity index (χ2n) is 7.50. The van der Waals surface area contributed by atoms with Gasteiger partial charge in [0.1, 0.15) is 0 Å². The fourth-order valence-electron chi connectivity index (χ4n) is 3.52. The van der Waals surface area contributed by atoms with Crippen LogP contribution in [0.2, 0.25) is 0 Å². The van der Waals surface area contributed by atoms with E-state index in [1.54, 1.807) is 0 Å². The molecule has 1 unspecified atom stereocenters. The van der Waals surface area contributed by atoms with Gasteiger partial charge in [-0.1, -0.05) is 26.8 Å². The second-order valence-corrected chi connectivity index (χ2v) is 7.50. The largest absolute Gasteiger partial charge is 0.297 e. The molecule has 0 N–H and O–H groups in total. The molecule has 2 heteroatoms. The van der Waals surface area contributed by atoms with E-state index in [9.17, 15) is 0 Å². The topological polar surface area (TPSA) is 16.1 Å². The van der Waals surface area contributed by atoms with Crippen molar-refractivity contribution in [2.45, 2.75) is 65.5 Å². The summed E-state index contributed by atoms with van der Waals surface area (Å²) in [6.45, 7) is 9.47. The van der Waals surface area contributed by atoms with E-state index < -0.39 is 0 Å². The van der Waals surface area contributed by atoms with Gasteiger partial charge in [0, 0.05) is 24.5 Å². The summed E-state index contributed by atoms with van der Waals surface area (Å²) in [6, 6.07) is 5.41. The van der Waals surface area contributed by atoms with Crippen molar-refractivity contribution in [2.24, 2.45) is 11.3 Å². The number of rotatable bonds is 3. The Bertz CT molecular complexity index is 399. The Morgan fingerprint density at radius 3 is 2.35 bits per heavy atom. The molecule has 2 rings (SSSR count). The van der Waals surface area contributed by atoms with Crippen LogP contribution in [0.5, 0.6) is 0 Å². The number of nitrogens with zero attached hydrogens (tertiary/aromatic N) is 2. The van der Waals surface area contributed by atoms with Crippen molar-refractivity contribution in [2.75, 3.05) is 7.05 Å². The van der Waals surface area contributed by atoms with Gasteiger partial charge in [-0.3, -0.25) is 9.88 Å². The van der Waals surface area contributed by atoms with Crippen molar-refractivity contribution in [3.8, 4) is 0 Å². The van der Waals surface area contributed by atoms with Crippen molar-refractivity contribution in [3.63, 3.8) is 0 Å². The third-order valence-corrected chi connectivity index (χ3v) is 5.28. The average Bonchev–Trinajstić information content (AvgIpc) is 2.46. The first-order chi connectivity index (χ1) is 9.39. The van der Waals surface area contributed by atoms with Gasteiger partial charge in [-0.2, -0.15) is 0 Å². The normalized spacial score (nSPS) is 25.7. The van der Waals surface area contributed by atoms with Crippen LogP contribution in [0.1, 0.15) is 65.0 Å². The molecule has 0 bridgehead atoms. The molecule has 112 valence electrons. The smallest absolute Gasteiger partial charge is 0.0335 e. The van der Waals surface area contributed by atoms with Crippen molar-refractivity contribution < 1.29 is 0 Å². The Morgan fingerprint density at radius 2 is 1.85 bits per heavy atom. The summed E-state index contributed by atoms with van der Waals surface area (Å²) in [5.41, 5.74) is 1.80. The maximum atomic E-state index is 4.25. The zero-order chi connectivity index (χ0) is 14.8. The van der Waals surface area contributed by atoms with E-state index in [0.29, 0.717) is 11.5 Å². The van der Waals surface area contributed by atoms with Crippen molar-refractivity contribution >= 4 is 0 Å². The average molecular weight is 274 g/mol. The zero-order valence-corrected chi connectivity index (χ0v) is 13.8. The second kappa shape index (κ2) is 6.26. The molecule has 20 heavy (non-hydrogen) atoms. The molecule has 1 heterocycles. The lowest BCUT2D eigenvalue weighted by Crippen LogP contribution is -2.38. The lowest BCUT2D eigenvalue weighted by molar-refractivity contribution is 0.0902. The molecule has 1 fully saturated rings. The minimum atomic E-state index is 0.458. The Labute approximate surface area is 124 Å². The molecule has 1 aliphatic carbocycles. The van der Waals surface area contributed by atoms with Gasteiger partial charge >= 0.3 is 0 Å². The SMILES string of the molecule is CC(c1cccnc1)N(C)[C@H]1CC[C@@H](C(C)(C)C)CC1. The van der Waals surface area contributed by atoms with E-state index in [1.807, 2.05) is 18.5 Å². The van der Waals surface area contributed by atoms with Gasteiger partial charge in [0.2, 0.25) is 0 Å². The maximum Gasteiger partial charge on any atom is 0.0335 e. The van der Waals surface area contributed by atoms with Crippen LogP contribution < -0.4 is 0 Å². The fraction of sp³-hybridized carbons (Fsp3) is 0.722. The summed E-state index contributed by atoms with van der Waals surface area (Å²) in [7, 11) is 2.28. The molecular formula is C18H30N2. The minimum Gasteiger partial charge on any atom is -0.297 e. The summed E-state index contributed by atoms with van der Waals surface area (Å²) < 4.78 is 0. The number of pyridine rings is 1. The van der Waals surface area contributed by atoms with Gasteiger partial charge in [0.15, 0.2) is 0 Å². The van der Waals surface area contributed by atoms with Crippen molar-refractivity contribution in [1.29, 1.82) is 0 Å². The monoisotopic (exact) mass is 274 g/mol. The third kappa shape index (κ3) is 3.60. The van der Waals surface area contributed by atoms with Crippen molar-refractivity contribution in [3.05, 3.63) is 30.1 Å². The number of hydrogen-bond acceptors (Lipinski definition) is 2. The van der Waals surface area contributed by atoms with E-state index >= 15 is 0 Å². The van der Waals surface area contributed by atoms with E-state index in [2.05, 4.69) is 50.7 Å². The highest BCUT2D eigenvalue weighted by atomic mass is 15.2. The molecular weight excluding hydrogens is 244 g/mol. The Morgan fingerprint density at radius 1 is 1.20 bits per heavy atom. The number of aromatic nitrogens is 1. The van der Waals surface area contributed by atoms with E-state index in [1.165, 1.54) is 31.2 Å². The summed E-state index contributed by atoms with van der Waals surface area (Å²) in [5.74, 6) is 0.890. The maximum absolute atomic E-state index is 4.25. The lowest BCUT2D eigenvalue weighted by atomic mass is 9.71. The first-order valence-electron chi connectivity index (χ1n) is 8.01. The quantitative estimate of drug-likeness (QED) is 0.795. The van der Waals surface area contributed by atoms with Crippen LogP contribution in [-0.2, 0) is 0 Å². The zero-order valence-electron chi connectivity index (χ0n) is 13.8. The minimum absolute atomic E-state index is 0.458. The number of hydrogen-bond donors (Lipinski definition) is 0. The first-order valence-corrected chi connectivity index (χ1v) is 8.01. The van der Waals surface area contributed by atoms with Gasteiger partial charge in [0.05, 0.1) is 0 Å². The summed E-state index contributed by atoms with van der Waals surface area (Å²) in [5, 5.41) is 0. The van der Waals surface area contributed by atoms with Gasteiger partial charge < -0.3 is 0 Å². The van der Waals surface area contributed by atoms with Crippen molar-refractivity contribution in [1.82, 2.24) is 9.88 Å². The van der Waals surface area contributed by atoms with Gasteiger partial charge in [-0.25, -0.2) is 0 Å².